The van der Waals surface area contributed by atoms with Gasteiger partial charge in [-0.25, -0.2) is 0 Å². The molecule has 0 radical (unpaired) electrons. The first-order valence-corrected chi connectivity index (χ1v) is 11.9. The number of carbonyl (C=O) groups excluding carboxylic acids is 2. The van der Waals surface area contributed by atoms with Gasteiger partial charge in [0.25, 0.3) is 0 Å². The summed E-state index contributed by atoms with van der Waals surface area (Å²) in [5.74, 6) is 3.97. The lowest BCUT2D eigenvalue weighted by molar-refractivity contribution is -0.178. The summed E-state index contributed by atoms with van der Waals surface area (Å²) in [7, 11) is 0. The van der Waals surface area contributed by atoms with Crippen molar-refractivity contribution in [3.63, 3.8) is 0 Å². The molecule has 1 spiro atoms. The van der Waals surface area contributed by atoms with Crippen molar-refractivity contribution in [3.05, 3.63) is 23.8 Å². The van der Waals surface area contributed by atoms with Gasteiger partial charge in [0.2, 0.25) is 0 Å². The van der Waals surface area contributed by atoms with Crippen LogP contribution in [-0.2, 0) is 14.3 Å². The third kappa shape index (κ3) is 1.96. The van der Waals surface area contributed by atoms with Gasteiger partial charge in [0.1, 0.15) is 5.60 Å². The first-order valence-electron chi connectivity index (χ1n) is 11.9. The van der Waals surface area contributed by atoms with Crippen LogP contribution in [0.15, 0.2) is 23.8 Å². The van der Waals surface area contributed by atoms with Gasteiger partial charge in [0.15, 0.2) is 5.78 Å². The van der Waals surface area contributed by atoms with Crippen LogP contribution in [0.2, 0.25) is 0 Å². The van der Waals surface area contributed by atoms with Crippen LogP contribution in [0.4, 0.5) is 0 Å². The van der Waals surface area contributed by atoms with E-state index < -0.39 is 0 Å². The van der Waals surface area contributed by atoms with E-state index in [9.17, 15) is 9.59 Å². The van der Waals surface area contributed by atoms with Gasteiger partial charge in [-0.3, -0.25) is 9.59 Å². The van der Waals surface area contributed by atoms with E-state index in [0.717, 1.165) is 25.2 Å². The zero-order chi connectivity index (χ0) is 20.3. The second kappa shape index (κ2) is 5.45. The number of fused-ring (bicyclic) bond motifs is 9. The van der Waals surface area contributed by atoms with E-state index in [1.165, 1.54) is 30.4 Å². The number of ketones is 1. The molecular formula is C26H34O3. The van der Waals surface area contributed by atoms with Crippen molar-refractivity contribution in [2.75, 3.05) is 0 Å². The lowest BCUT2D eigenvalue weighted by atomic mass is 9.42. The number of hydrogen-bond acceptors (Lipinski definition) is 3. The normalized spacial score (nSPS) is 55.0. The number of rotatable bonds is 1. The maximum absolute atomic E-state index is 12.3. The molecule has 0 N–H and O–H groups in total. The molecule has 0 aromatic rings. The van der Waals surface area contributed by atoms with Crippen molar-refractivity contribution in [1.82, 2.24) is 0 Å². The SMILES string of the molecule is C=C1C2=CC(=O)CCC2(C)C2CCC3(C)C(C4CC4C34CCC(=O)O4)C2C1CC. The van der Waals surface area contributed by atoms with Crippen LogP contribution < -0.4 is 0 Å². The van der Waals surface area contributed by atoms with E-state index in [4.69, 9.17) is 4.74 Å². The highest BCUT2D eigenvalue weighted by atomic mass is 16.6. The molecule has 5 fully saturated rings. The van der Waals surface area contributed by atoms with Crippen LogP contribution in [0.25, 0.3) is 0 Å². The van der Waals surface area contributed by atoms with Gasteiger partial charge < -0.3 is 4.74 Å². The Hall–Kier alpha value is -1.38. The molecule has 3 heteroatoms. The van der Waals surface area contributed by atoms with Crippen molar-refractivity contribution in [3.8, 4) is 0 Å². The van der Waals surface area contributed by atoms with Crippen LogP contribution in [0.5, 0.6) is 0 Å². The minimum Gasteiger partial charge on any atom is -0.458 e. The van der Waals surface area contributed by atoms with Gasteiger partial charge in [0, 0.05) is 24.2 Å². The molecule has 9 atom stereocenters. The summed E-state index contributed by atoms with van der Waals surface area (Å²) in [4.78, 5) is 24.5. The predicted molar refractivity (Wildman–Crippen MR) is 111 cm³/mol. The van der Waals surface area contributed by atoms with Gasteiger partial charge in [0.05, 0.1) is 0 Å². The van der Waals surface area contributed by atoms with Crippen LogP contribution in [0.3, 0.4) is 0 Å². The molecule has 1 saturated heterocycles. The molecule has 3 nitrogen and oxygen atoms in total. The number of hydrogen-bond donors (Lipinski definition) is 0. The van der Waals surface area contributed by atoms with Crippen molar-refractivity contribution in [1.29, 1.82) is 0 Å². The van der Waals surface area contributed by atoms with Gasteiger partial charge in [-0.1, -0.05) is 27.4 Å². The minimum atomic E-state index is -0.191. The van der Waals surface area contributed by atoms with Gasteiger partial charge in [-0.05, 0) is 90.8 Å². The fourth-order valence-electron chi connectivity index (χ4n) is 9.55. The largest absolute Gasteiger partial charge is 0.458 e. The third-order valence-corrected chi connectivity index (χ3v) is 10.8. The molecule has 1 heterocycles. The molecule has 0 bridgehead atoms. The monoisotopic (exact) mass is 394 g/mol. The first-order chi connectivity index (χ1) is 13.8. The van der Waals surface area contributed by atoms with E-state index in [0.29, 0.717) is 42.4 Å². The quantitative estimate of drug-likeness (QED) is 0.570. The smallest absolute Gasteiger partial charge is 0.306 e. The Balaban J connectivity index is 1.48. The molecule has 29 heavy (non-hydrogen) atoms. The maximum Gasteiger partial charge on any atom is 0.306 e. The lowest BCUT2D eigenvalue weighted by Gasteiger charge is -2.62. The zero-order valence-corrected chi connectivity index (χ0v) is 18.1. The maximum atomic E-state index is 12.3. The molecule has 6 aliphatic rings. The molecule has 5 aliphatic carbocycles. The fraction of sp³-hybridized carbons (Fsp3) is 0.769. The van der Waals surface area contributed by atoms with Crippen molar-refractivity contribution >= 4 is 11.8 Å². The highest BCUT2D eigenvalue weighted by molar-refractivity contribution is 5.92. The zero-order valence-electron chi connectivity index (χ0n) is 18.1. The highest BCUT2D eigenvalue weighted by Crippen LogP contribution is 2.80. The van der Waals surface area contributed by atoms with Crippen molar-refractivity contribution in [2.24, 2.45) is 46.3 Å². The predicted octanol–water partition coefficient (Wildman–Crippen LogP) is 5.25. The van der Waals surface area contributed by atoms with Crippen LogP contribution in [-0.4, -0.2) is 17.4 Å². The van der Waals surface area contributed by atoms with Crippen molar-refractivity contribution < 1.29 is 14.3 Å². The van der Waals surface area contributed by atoms with E-state index in [2.05, 4.69) is 27.4 Å². The second-order valence-corrected chi connectivity index (χ2v) is 11.5. The number of allylic oxidation sites excluding steroid dienone is 2. The average Bonchev–Trinajstić information content (AvgIpc) is 3.32. The topological polar surface area (TPSA) is 43.4 Å². The third-order valence-electron chi connectivity index (χ3n) is 10.8. The van der Waals surface area contributed by atoms with Crippen LogP contribution in [0, 0.1) is 46.3 Å². The summed E-state index contributed by atoms with van der Waals surface area (Å²) in [6.45, 7) is 11.8. The summed E-state index contributed by atoms with van der Waals surface area (Å²) in [5, 5.41) is 0. The summed E-state index contributed by atoms with van der Waals surface area (Å²) in [6, 6.07) is 0. The fourth-order valence-corrected chi connectivity index (χ4v) is 9.55. The van der Waals surface area contributed by atoms with Gasteiger partial charge >= 0.3 is 5.97 Å². The number of ether oxygens (including phenoxy) is 1. The Morgan fingerprint density at radius 3 is 2.62 bits per heavy atom. The summed E-state index contributed by atoms with van der Waals surface area (Å²) in [5.41, 5.74) is 2.54. The Morgan fingerprint density at radius 1 is 1.14 bits per heavy atom. The number of esters is 1. The molecule has 0 aromatic heterocycles. The Bertz CT molecular complexity index is 869. The van der Waals surface area contributed by atoms with E-state index >= 15 is 0 Å². The molecule has 0 aromatic carbocycles. The van der Waals surface area contributed by atoms with E-state index in [1.807, 2.05) is 6.08 Å². The van der Waals surface area contributed by atoms with Gasteiger partial charge in [-0.15, -0.1) is 0 Å². The molecule has 4 saturated carbocycles. The summed E-state index contributed by atoms with van der Waals surface area (Å²) < 4.78 is 6.24. The standard InChI is InChI=1S/C26H34O3/c1-5-16-14(2)19-12-15(27)6-9-24(19,3)18-7-10-25(4)23(22(16)18)17-13-20(17)26(25)11-8-21(28)29-26/h12,16-18,20,22-23H,2,5-11,13H2,1,3-4H3. The van der Waals surface area contributed by atoms with E-state index in [1.54, 1.807) is 0 Å². The first kappa shape index (κ1) is 18.4. The molecular weight excluding hydrogens is 360 g/mol. The Morgan fingerprint density at radius 2 is 1.93 bits per heavy atom. The molecule has 0 amide bonds. The second-order valence-electron chi connectivity index (χ2n) is 11.5. The molecule has 9 unspecified atom stereocenters. The number of carbonyl (C=O) groups is 2. The Kier molecular flexibility index (Phi) is 3.46. The summed E-state index contributed by atoms with van der Waals surface area (Å²) in [6.07, 6.45) is 9.86. The van der Waals surface area contributed by atoms with E-state index in [-0.39, 0.29) is 28.2 Å². The summed E-state index contributed by atoms with van der Waals surface area (Å²) >= 11 is 0. The van der Waals surface area contributed by atoms with Gasteiger partial charge in [-0.2, -0.15) is 0 Å². The van der Waals surface area contributed by atoms with Crippen molar-refractivity contribution in [2.45, 2.75) is 77.7 Å². The van der Waals surface area contributed by atoms with Crippen LogP contribution in [0.1, 0.15) is 72.1 Å². The molecule has 1 aliphatic heterocycles. The lowest BCUT2D eigenvalue weighted by Crippen LogP contribution is -2.59. The molecule has 156 valence electrons. The van der Waals surface area contributed by atoms with Crippen LogP contribution >= 0.6 is 0 Å². The minimum absolute atomic E-state index is 0.0303. The highest BCUT2D eigenvalue weighted by Gasteiger charge is 2.79. The Labute approximate surface area is 174 Å². The average molecular weight is 395 g/mol. The molecule has 6 rings (SSSR count).